The third-order valence-corrected chi connectivity index (χ3v) is 4.55. The summed E-state index contributed by atoms with van der Waals surface area (Å²) in [6.45, 7) is 1.66. The Hall–Kier alpha value is -1.47. The second-order valence-electron chi connectivity index (χ2n) is 5.42. The van der Waals surface area contributed by atoms with E-state index in [1.165, 1.54) is 6.07 Å². The number of nitrogens with zero attached hydrogens (tertiary/aromatic N) is 1. The molecule has 2 atom stereocenters. The average molecular weight is 356 g/mol. The summed E-state index contributed by atoms with van der Waals surface area (Å²) in [6, 6.07) is 2.87. The number of carbonyl (C=O) groups is 1. The zero-order valence-electron chi connectivity index (χ0n) is 11.8. The van der Waals surface area contributed by atoms with E-state index in [1.807, 2.05) is 0 Å². The average Bonchev–Trinajstić information content (AvgIpc) is 2.41. The molecule has 0 radical (unpaired) electrons. The number of nitrogens with one attached hydrogen (secondary N) is 1. The first kappa shape index (κ1) is 15.9. The Labute approximate surface area is 131 Å². The summed E-state index contributed by atoms with van der Waals surface area (Å²) < 4.78 is 0.628. The molecule has 0 heterocycles. The maximum Gasteiger partial charge on any atom is 0.274 e. The summed E-state index contributed by atoms with van der Waals surface area (Å²) in [5.74, 6) is -0.396. The van der Waals surface area contributed by atoms with Gasteiger partial charge in [-0.05, 0) is 41.8 Å². The molecule has 0 saturated heterocycles. The molecule has 0 aromatic heterocycles. The van der Waals surface area contributed by atoms with Crippen LogP contribution in [0.5, 0.6) is 0 Å². The normalized spacial score (nSPS) is 21.9. The van der Waals surface area contributed by atoms with Crippen LogP contribution in [0.25, 0.3) is 0 Å². The second kappa shape index (κ2) is 6.53. The number of nitrogens with two attached hydrogens (primary N) is 1. The molecule has 2 rings (SSSR count). The second-order valence-corrected chi connectivity index (χ2v) is 6.27. The van der Waals surface area contributed by atoms with E-state index < -0.39 is 4.92 Å². The predicted molar refractivity (Wildman–Crippen MR) is 84.1 cm³/mol. The van der Waals surface area contributed by atoms with Crippen molar-refractivity contribution in [1.29, 1.82) is 0 Å². The van der Waals surface area contributed by atoms with Gasteiger partial charge < -0.3 is 11.1 Å². The number of hydrogen-bond donors (Lipinski definition) is 2. The van der Waals surface area contributed by atoms with Crippen LogP contribution in [-0.2, 0) is 4.79 Å². The highest BCUT2D eigenvalue weighted by atomic mass is 79.9. The molecular formula is C14H18BrN3O3. The smallest absolute Gasteiger partial charge is 0.274 e. The number of nitro benzene ring substituents is 1. The molecule has 1 aromatic rings. The van der Waals surface area contributed by atoms with Gasteiger partial charge in [-0.2, -0.15) is 0 Å². The van der Waals surface area contributed by atoms with E-state index in [-0.39, 0.29) is 23.6 Å². The van der Waals surface area contributed by atoms with E-state index in [0.717, 1.165) is 25.7 Å². The Kier molecular flexibility index (Phi) is 4.95. The van der Waals surface area contributed by atoms with Gasteiger partial charge in [0.15, 0.2) is 0 Å². The Morgan fingerprint density at radius 1 is 1.43 bits per heavy atom. The maximum absolute atomic E-state index is 12.3. The highest BCUT2D eigenvalue weighted by Crippen LogP contribution is 2.32. The number of rotatable bonds is 3. The standard InChI is InChI=1S/C14H18BrN3O3/c1-8-6-10(15)12(7-13(8)18(20)21)17-14(19)9-4-2-3-5-11(9)16/h6-7,9,11H,2-5,16H2,1H3,(H,17,19). The number of hydrogen-bond acceptors (Lipinski definition) is 4. The zero-order valence-corrected chi connectivity index (χ0v) is 13.4. The maximum atomic E-state index is 12.3. The van der Waals surface area contributed by atoms with Crippen molar-refractivity contribution in [2.45, 2.75) is 38.6 Å². The molecule has 114 valence electrons. The number of benzene rings is 1. The van der Waals surface area contributed by atoms with Gasteiger partial charge in [0.1, 0.15) is 0 Å². The monoisotopic (exact) mass is 355 g/mol. The van der Waals surface area contributed by atoms with Gasteiger partial charge in [-0.15, -0.1) is 0 Å². The fraction of sp³-hybridized carbons (Fsp3) is 0.500. The van der Waals surface area contributed by atoms with Crippen LogP contribution in [0.3, 0.4) is 0 Å². The topological polar surface area (TPSA) is 98.3 Å². The third kappa shape index (κ3) is 3.59. The SMILES string of the molecule is Cc1cc(Br)c(NC(=O)C2CCCCC2N)cc1[N+](=O)[O-]. The molecule has 0 spiro atoms. The first-order valence-electron chi connectivity index (χ1n) is 6.91. The van der Waals surface area contributed by atoms with Crippen LogP contribution in [0, 0.1) is 23.0 Å². The third-order valence-electron chi connectivity index (χ3n) is 3.90. The van der Waals surface area contributed by atoms with Crippen LogP contribution in [-0.4, -0.2) is 16.9 Å². The molecule has 7 heteroatoms. The molecule has 1 fully saturated rings. The highest BCUT2D eigenvalue weighted by Gasteiger charge is 2.29. The summed E-state index contributed by atoms with van der Waals surface area (Å²) >= 11 is 3.33. The molecule has 6 nitrogen and oxygen atoms in total. The minimum atomic E-state index is -0.455. The fourth-order valence-electron chi connectivity index (χ4n) is 2.66. The molecule has 1 aliphatic rings. The molecule has 1 saturated carbocycles. The Balaban J connectivity index is 2.20. The summed E-state index contributed by atoms with van der Waals surface area (Å²) in [5.41, 5.74) is 6.93. The number of anilines is 1. The molecule has 0 aliphatic heterocycles. The first-order valence-corrected chi connectivity index (χ1v) is 7.70. The Bertz CT molecular complexity index is 577. The van der Waals surface area contributed by atoms with Crippen LogP contribution in [0.2, 0.25) is 0 Å². The molecule has 2 unspecified atom stereocenters. The van der Waals surface area contributed by atoms with E-state index in [1.54, 1.807) is 13.0 Å². The summed E-state index contributed by atoms with van der Waals surface area (Å²) in [4.78, 5) is 22.8. The van der Waals surface area contributed by atoms with E-state index in [0.29, 0.717) is 15.7 Å². The van der Waals surface area contributed by atoms with Gasteiger partial charge in [-0.3, -0.25) is 14.9 Å². The van der Waals surface area contributed by atoms with Crippen LogP contribution < -0.4 is 11.1 Å². The quantitative estimate of drug-likeness (QED) is 0.642. The van der Waals surface area contributed by atoms with Crippen molar-refractivity contribution in [3.63, 3.8) is 0 Å². The largest absolute Gasteiger partial charge is 0.327 e. The number of carbonyl (C=O) groups excluding carboxylic acids is 1. The van der Waals surface area contributed by atoms with Crippen molar-refractivity contribution in [3.05, 3.63) is 32.3 Å². The van der Waals surface area contributed by atoms with Crippen molar-refractivity contribution in [1.82, 2.24) is 0 Å². The van der Waals surface area contributed by atoms with Crippen molar-refractivity contribution in [2.75, 3.05) is 5.32 Å². The van der Waals surface area contributed by atoms with Gasteiger partial charge in [0.2, 0.25) is 5.91 Å². The van der Waals surface area contributed by atoms with Gasteiger partial charge in [-0.1, -0.05) is 12.8 Å². The molecule has 1 aliphatic carbocycles. The summed E-state index contributed by atoms with van der Waals surface area (Å²) in [5, 5.41) is 13.7. The van der Waals surface area contributed by atoms with E-state index >= 15 is 0 Å². The molecule has 1 aromatic carbocycles. The minimum Gasteiger partial charge on any atom is -0.327 e. The lowest BCUT2D eigenvalue weighted by Gasteiger charge is -2.27. The predicted octanol–water partition coefficient (Wildman–Crippen LogP) is 3.12. The zero-order chi connectivity index (χ0) is 15.6. The number of aryl methyl sites for hydroxylation is 1. The minimum absolute atomic E-state index is 0.0126. The fourth-order valence-corrected chi connectivity index (χ4v) is 3.22. The van der Waals surface area contributed by atoms with Crippen LogP contribution in [0.15, 0.2) is 16.6 Å². The summed E-state index contributed by atoms with van der Waals surface area (Å²) in [7, 11) is 0. The summed E-state index contributed by atoms with van der Waals surface area (Å²) in [6.07, 6.45) is 3.64. The van der Waals surface area contributed by atoms with Crippen molar-refractivity contribution >= 4 is 33.2 Å². The number of amides is 1. The van der Waals surface area contributed by atoms with Crippen molar-refractivity contribution < 1.29 is 9.72 Å². The molecule has 3 N–H and O–H groups in total. The van der Waals surface area contributed by atoms with Gasteiger partial charge >= 0.3 is 0 Å². The van der Waals surface area contributed by atoms with Gasteiger partial charge in [0.05, 0.1) is 16.5 Å². The van der Waals surface area contributed by atoms with Crippen molar-refractivity contribution in [2.24, 2.45) is 11.7 Å². The lowest BCUT2D eigenvalue weighted by molar-refractivity contribution is -0.385. The van der Waals surface area contributed by atoms with Crippen LogP contribution in [0.1, 0.15) is 31.2 Å². The molecular weight excluding hydrogens is 338 g/mol. The lowest BCUT2D eigenvalue weighted by atomic mass is 9.84. The lowest BCUT2D eigenvalue weighted by Crippen LogP contribution is -2.40. The molecule has 1 amide bonds. The number of halogens is 1. The van der Waals surface area contributed by atoms with Gasteiger partial charge in [0.25, 0.3) is 5.69 Å². The van der Waals surface area contributed by atoms with Crippen LogP contribution >= 0.6 is 15.9 Å². The van der Waals surface area contributed by atoms with Gasteiger partial charge in [-0.25, -0.2) is 0 Å². The van der Waals surface area contributed by atoms with E-state index in [2.05, 4.69) is 21.2 Å². The van der Waals surface area contributed by atoms with Crippen molar-refractivity contribution in [3.8, 4) is 0 Å². The van der Waals surface area contributed by atoms with Gasteiger partial charge in [0, 0.05) is 22.1 Å². The molecule has 21 heavy (non-hydrogen) atoms. The van der Waals surface area contributed by atoms with Crippen LogP contribution in [0.4, 0.5) is 11.4 Å². The Morgan fingerprint density at radius 3 is 2.71 bits per heavy atom. The van der Waals surface area contributed by atoms with E-state index in [9.17, 15) is 14.9 Å². The highest BCUT2D eigenvalue weighted by molar-refractivity contribution is 9.10. The Morgan fingerprint density at radius 2 is 2.10 bits per heavy atom. The number of nitro groups is 1. The first-order chi connectivity index (χ1) is 9.90. The molecule has 0 bridgehead atoms. The van der Waals surface area contributed by atoms with E-state index in [4.69, 9.17) is 5.73 Å².